The molecule has 0 aromatic carbocycles. The molecule has 4 atom stereocenters. The number of aliphatic hydroxyl groups excluding tert-OH is 1. The highest BCUT2D eigenvalue weighted by atomic mass is 16.6. The third-order valence-electron chi connectivity index (χ3n) is 3.12. The number of carbonyl (C=O) groups is 2. The van der Waals surface area contributed by atoms with Crippen LogP contribution in [-0.4, -0.2) is 41.3 Å². The lowest BCUT2D eigenvalue weighted by Gasteiger charge is -2.11. The molecule has 2 rings (SSSR count). The SMILES string of the molecule is CC1CCCC(=O)C2OC2/C=C\C(O)/C=C/C(=O)O1. The minimum absolute atomic E-state index is 0.0651. The predicted octanol–water partition coefficient (Wildman–Crippen LogP) is 0.912. The van der Waals surface area contributed by atoms with Crippen molar-refractivity contribution in [2.75, 3.05) is 0 Å². The number of ketones is 1. The summed E-state index contributed by atoms with van der Waals surface area (Å²) >= 11 is 0. The summed E-state index contributed by atoms with van der Waals surface area (Å²) in [5.74, 6) is -0.417. The number of fused-ring (bicyclic) bond motifs is 1. The lowest BCUT2D eigenvalue weighted by Crippen LogP contribution is -2.15. The number of epoxide rings is 1. The zero-order valence-electron chi connectivity index (χ0n) is 10.8. The van der Waals surface area contributed by atoms with Crippen molar-refractivity contribution in [1.29, 1.82) is 0 Å². The van der Waals surface area contributed by atoms with Gasteiger partial charge in [-0.2, -0.15) is 0 Å². The number of hydrogen-bond donors (Lipinski definition) is 1. The van der Waals surface area contributed by atoms with Crippen LogP contribution >= 0.6 is 0 Å². The first-order valence-corrected chi connectivity index (χ1v) is 6.49. The molecule has 0 radical (unpaired) electrons. The average Bonchev–Trinajstić information content (AvgIpc) is 3.12. The number of Topliss-reactive ketones (excluding diaryl/α,β-unsaturated/α-hetero) is 1. The van der Waals surface area contributed by atoms with E-state index in [4.69, 9.17) is 9.47 Å². The van der Waals surface area contributed by atoms with Crippen molar-refractivity contribution in [2.45, 2.75) is 50.6 Å². The molecule has 19 heavy (non-hydrogen) atoms. The maximum absolute atomic E-state index is 11.7. The lowest BCUT2D eigenvalue weighted by molar-refractivity contribution is -0.142. The van der Waals surface area contributed by atoms with Gasteiger partial charge in [-0.3, -0.25) is 4.79 Å². The van der Waals surface area contributed by atoms with Gasteiger partial charge in [-0.15, -0.1) is 0 Å². The Labute approximate surface area is 111 Å². The normalized spacial score (nSPS) is 39.7. The smallest absolute Gasteiger partial charge is 0.330 e. The zero-order chi connectivity index (χ0) is 13.8. The number of cyclic esters (lactones) is 1. The van der Waals surface area contributed by atoms with Crippen molar-refractivity contribution in [3.63, 3.8) is 0 Å². The molecular formula is C14H18O5. The van der Waals surface area contributed by atoms with E-state index in [0.717, 1.165) is 0 Å². The van der Waals surface area contributed by atoms with Crippen LogP contribution in [0.2, 0.25) is 0 Å². The molecule has 1 saturated heterocycles. The van der Waals surface area contributed by atoms with E-state index in [2.05, 4.69) is 0 Å². The summed E-state index contributed by atoms with van der Waals surface area (Å²) in [6.07, 6.45) is 5.73. The summed E-state index contributed by atoms with van der Waals surface area (Å²) in [6, 6.07) is 0. The summed E-state index contributed by atoms with van der Waals surface area (Å²) < 4.78 is 10.3. The third-order valence-corrected chi connectivity index (χ3v) is 3.12. The number of esters is 1. The Morgan fingerprint density at radius 3 is 2.84 bits per heavy atom. The van der Waals surface area contributed by atoms with Crippen LogP contribution in [0.4, 0.5) is 0 Å². The molecular weight excluding hydrogens is 248 g/mol. The van der Waals surface area contributed by atoms with Crippen molar-refractivity contribution in [2.24, 2.45) is 0 Å². The van der Waals surface area contributed by atoms with E-state index in [9.17, 15) is 14.7 Å². The van der Waals surface area contributed by atoms with Gasteiger partial charge in [0.2, 0.25) is 0 Å². The van der Waals surface area contributed by atoms with E-state index in [1.165, 1.54) is 18.2 Å². The highest BCUT2D eigenvalue weighted by Gasteiger charge is 2.42. The Bertz CT molecular complexity index is 412. The minimum atomic E-state index is -0.884. The van der Waals surface area contributed by atoms with Gasteiger partial charge in [0.15, 0.2) is 5.78 Å². The van der Waals surface area contributed by atoms with Gasteiger partial charge in [0.05, 0.1) is 12.2 Å². The highest BCUT2D eigenvalue weighted by molar-refractivity contribution is 5.86. The van der Waals surface area contributed by atoms with Gasteiger partial charge < -0.3 is 14.6 Å². The van der Waals surface area contributed by atoms with Crippen molar-refractivity contribution in [3.8, 4) is 0 Å². The molecule has 1 fully saturated rings. The fourth-order valence-electron chi connectivity index (χ4n) is 2.00. The second-order valence-corrected chi connectivity index (χ2v) is 4.86. The molecule has 104 valence electrons. The number of rotatable bonds is 0. The number of hydrogen-bond acceptors (Lipinski definition) is 5. The zero-order valence-corrected chi connectivity index (χ0v) is 10.8. The van der Waals surface area contributed by atoms with Crippen LogP contribution < -0.4 is 0 Å². The summed E-state index contributed by atoms with van der Waals surface area (Å²) in [7, 11) is 0. The highest BCUT2D eigenvalue weighted by Crippen LogP contribution is 2.26. The summed E-state index contributed by atoms with van der Waals surface area (Å²) in [5, 5.41) is 9.58. The van der Waals surface area contributed by atoms with Gasteiger partial charge in [-0.25, -0.2) is 4.79 Å². The average molecular weight is 266 g/mol. The van der Waals surface area contributed by atoms with E-state index in [0.29, 0.717) is 19.3 Å². The molecule has 0 aliphatic carbocycles. The molecule has 0 bridgehead atoms. The molecule has 0 saturated carbocycles. The first-order valence-electron chi connectivity index (χ1n) is 6.49. The van der Waals surface area contributed by atoms with Crippen LogP contribution in [0.3, 0.4) is 0 Å². The van der Waals surface area contributed by atoms with E-state index in [-0.39, 0.29) is 24.1 Å². The van der Waals surface area contributed by atoms with Gasteiger partial charge in [0, 0.05) is 12.5 Å². The van der Waals surface area contributed by atoms with Gasteiger partial charge in [-0.05, 0) is 25.8 Å². The first-order chi connectivity index (χ1) is 9.06. The van der Waals surface area contributed by atoms with Gasteiger partial charge >= 0.3 is 5.97 Å². The van der Waals surface area contributed by atoms with E-state index in [1.54, 1.807) is 13.0 Å². The first kappa shape index (κ1) is 14.0. The molecule has 2 aliphatic rings. The summed E-state index contributed by atoms with van der Waals surface area (Å²) in [5.41, 5.74) is 0. The fraction of sp³-hybridized carbons (Fsp3) is 0.571. The van der Waals surface area contributed by atoms with Crippen molar-refractivity contribution in [3.05, 3.63) is 24.3 Å². The molecule has 0 spiro atoms. The Morgan fingerprint density at radius 1 is 1.26 bits per heavy atom. The van der Waals surface area contributed by atoms with Crippen molar-refractivity contribution in [1.82, 2.24) is 0 Å². The maximum Gasteiger partial charge on any atom is 0.330 e. The minimum Gasteiger partial charge on any atom is -0.460 e. The number of aliphatic hydroxyl groups is 1. The monoisotopic (exact) mass is 266 g/mol. The number of ether oxygens (including phenoxy) is 2. The van der Waals surface area contributed by atoms with Gasteiger partial charge in [0.25, 0.3) is 0 Å². The number of carbonyl (C=O) groups excluding carboxylic acids is 2. The Kier molecular flexibility index (Phi) is 4.50. The molecule has 2 aliphatic heterocycles. The fourth-order valence-corrected chi connectivity index (χ4v) is 2.00. The van der Waals surface area contributed by atoms with Crippen molar-refractivity contribution >= 4 is 11.8 Å². The van der Waals surface area contributed by atoms with E-state index in [1.807, 2.05) is 0 Å². The quantitative estimate of drug-likeness (QED) is 0.401. The van der Waals surface area contributed by atoms with Crippen LogP contribution in [0, 0.1) is 0 Å². The summed E-state index contributed by atoms with van der Waals surface area (Å²) in [4.78, 5) is 23.1. The largest absolute Gasteiger partial charge is 0.460 e. The molecule has 0 amide bonds. The molecule has 5 heteroatoms. The maximum atomic E-state index is 11.7. The van der Waals surface area contributed by atoms with Crippen LogP contribution in [-0.2, 0) is 19.1 Å². The predicted molar refractivity (Wildman–Crippen MR) is 67.4 cm³/mol. The van der Waals surface area contributed by atoms with Crippen LogP contribution in [0.25, 0.3) is 0 Å². The third kappa shape index (κ3) is 4.29. The van der Waals surface area contributed by atoms with E-state index < -0.39 is 12.1 Å². The van der Waals surface area contributed by atoms with Gasteiger partial charge in [-0.1, -0.05) is 12.2 Å². The Balaban J connectivity index is 2.01. The topological polar surface area (TPSA) is 76.1 Å². The van der Waals surface area contributed by atoms with Crippen LogP contribution in [0.5, 0.6) is 0 Å². The molecule has 0 aromatic heterocycles. The Hall–Kier alpha value is -1.46. The molecule has 5 nitrogen and oxygen atoms in total. The van der Waals surface area contributed by atoms with Crippen molar-refractivity contribution < 1.29 is 24.2 Å². The molecule has 0 aromatic rings. The molecule has 2 heterocycles. The second kappa shape index (κ2) is 6.12. The Morgan fingerprint density at radius 2 is 2.05 bits per heavy atom. The molecule has 1 N–H and O–H groups in total. The summed E-state index contributed by atoms with van der Waals surface area (Å²) in [6.45, 7) is 1.79. The molecule has 4 unspecified atom stereocenters. The van der Waals surface area contributed by atoms with E-state index >= 15 is 0 Å². The second-order valence-electron chi connectivity index (χ2n) is 4.86. The van der Waals surface area contributed by atoms with Crippen LogP contribution in [0.15, 0.2) is 24.3 Å². The van der Waals surface area contributed by atoms with Gasteiger partial charge in [0.1, 0.15) is 12.2 Å². The van der Waals surface area contributed by atoms with Crippen LogP contribution in [0.1, 0.15) is 26.2 Å². The lowest BCUT2D eigenvalue weighted by atomic mass is 10.1. The standard InChI is InChI=1S/C14H18O5/c1-9-3-2-4-11(16)14-12(19-14)7-5-10(15)6-8-13(17)18-9/h5-10,12,14-15H,2-4H2,1H3/b7-5-,8-6+.